The van der Waals surface area contributed by atoms with Crippen molar-refractivity contribution in [3.05, 3.63) is 0 Å². The van der Waals surface area contributed by atoms with Gasteiger partial charge < -0.3 is 10.2 Å². The molecule has 0 unspecified atom stereocenters. The van der Waals surface area contributed by atoms with Crippen LogP contribution in [0, 0.1) is 5.41 Å². The Morgan fingerprint density at radius 2 is 2.27 bits per heavy atom. The molecule has 0 aromatic carbocycles. The molecule has 2 saturated heterocycles. The molecule has 2 nitrogen and oxygen atoms in total. The number of nitrogens with one attached hydrogen (secondary N) is 1. The van der Waals surface area contributed by atoms with E-state index in [9.17, 15) is 4.39 Å². The molecule has 0 aliphatic carbocycles. The number of hydrogen-bond donors (Lipinski definition) is 1. The Labute approximate surface area is 66.8 Å². The molecule has 0 bridgehead atoms. The molecule has 0 saturated carbocycles. The highest BCUT2D eigenvalue weighted by Gasteiger charge is 2.42. The fourth-order valence-corrected chi connectivity index (χ4v) is 2.11. The van der Waals surface area contributed by atoms with Crippen molar-refractivity contribution in [3.63, 3.8) is 0 Å². The summed E-state index contributed by atoms with van der Waals surface area (Å²) in [6, 6.07) is 0. The summed E-state index contributed by atoms with van der Waals surface area (Å²) in [6.07, 6.45) is 1.26. The fraction of sp³-hybridized carbons (Fsp3) is 1.00. The van der Waals surface area contributed by atoms with Gasteiger partial charge in [-0.25, -0.2) is 4.39 Å². The zero-order valence-electron chi connectivity index (χ0n) is 6.77. The summed E-state index contributed by atoms with van der Waals surface area (Å²) in [5, 5.41) is 3.29. The van der Waals surface area contributed by atoms with Crippen molar-refractivity contribution in [1.82, 2.24) is 10.2 Å². The zero-order valence-corrected chi connectivity index (χ0v) is 6.77. The van der Waals surface area contributed by atoms with Crippen LogP contribution in [0.15, 0.2) is 0 Å². The summed E-state index contributed by atoms with van der Waals surface area (Å²) >= 11 is 0. The third kappa shape index (κ3) is 1.27. The molecule has 2 heterocycles. The lowest BCUT2D eigenvalue weighted by molar-refractivity contribution is 0.166. The summed E-state index contributed by atoms with van der Waals surface area (Å²) in [4.78, 5) is 2.24. The first kappa shape index (κ1) is 7.50. The minimum atomic E-state index is -0.191. The van der Waals surface area contributed by atoms with Crippen LogP contribution in [0.1, 0.15) is 6.42 Å². The maximum atomic E-state index is 12.0. The average molecular weight is 158 g/mol. The third-order valence-electron chi connectivity index (χ3n) is 2.92. The Kier molecular flexibility index (Phi) is 1.85. The van der Waals surface area contributed by atoms with Crippen molar-refractivity contribution in [2.24, 2.45) is 5.41 Å². The van der Waals surface area contributed by atoms with Gasteiger partial charge in [-0.3, -0.25) is 0 Å². The molecule has 0 aromatic heterocycles. The Bertz CT molecular complexity index is 145. The van der Waals surface area contributed by atoms with Gasteiger partial charge in [0, 0.05) is 31.6 Å². The number of rotatable bonds is 2. The molecular formula is C8H15FN2. The van der Waals surface area contributed by atoms with Gasteiger partial charge in [-0.2, -0.15) is 0 Å². The molecule has 2 fully saturated rings. The van der Waals surface area contributed by atoms with Crippen LogP contribution in [0.4, 0.5) is 4.39 Å². The van der Waals surface area contributed by atoms with Gasteiger partial charge in [0.2, 0.25) is 0 Å². The van der Waals surface area contributed by atoms with Crippen LogP contribution in [-0.4, -0.2) is 44.3 Å². The Balaban J connectivity index is 1.83. The van der Waals surface area contributed by atoms with Crippen LogP contribution in [-0.2, 0) is 0 Å². The topological polar surface area (TPSA) is 15.3 Å². The molecule has 2 aliphatic heterocycles. The van der Waals surface area contributed by atoms with Crippen molar-refractivity contribution in [1.29, 1.82) is 0 Å². The second kappa shape index (κ2) is 2.72. The van der Waals surface area contributed by atoms with E-state index in [1.54, 1.807) is 0 Å². The van der Waals surface area contributed by atoms with E-state index in [1.165, 1.54) is 6.42 Å². The van der Waals surface area contributed by atoms with E-state index < -0.39 is 0 Å². The standard InChI is InChI=1S/C8H15FN2/c9-2-4-11-3-1-8(7-11)5-10-6-8/h10H,1-7H2. The lowest BCUT2D eigenvalue weighted by Gasteiger charge is -2.39. The SMILES string of the molecule is FCCN1CCC2(CNC2)C1. The van der Waals surface area contributed by atoms with Gasteiger partial charge in [0.05, 0.1) is 0 Å². The molecule has 0 radical (unpaired) electrons. The fourth-order valence-electron chi connectivity index (χ4n) is 2.11. The molecule has 1 N–H and O–H groups in total. The molecule has 3 heteroatoms. The monoisotopic (exact) mass is 158 g/mol. The van der Waals surface area contributed by atoms with E-state index in [0.717, 1.165) is 26.2 Å². The van der Waals surface area contributed by atoms with Crippen molar-refractivity contribution >= 4 is 0 Å². The smallest absolute Gasteiger partial charge is 0.102 e. The van der Waals surface area contributed by atoms with Crippen LogP contribution in [0.5, 0.6) is 0 Å². The molecule has 0 atom stereocenters. The highest BCUT2D eigenvalue weighted by molar-refractivity contribution is 4.99. The predicted octanol–water partition coefficient (Wildman–Crippen LogP) is 0.251. The predicted molar refractivity (Wildman–Crippen MR) is 42.3 cm³/mol. The summed E-state index contributed by atoms with van der Waals surface area (Å²) < 4.78 is 12.0. The molecule has 2 aliphatic rings. The largest absolute Gasteiger partial charge is 0.315 e. The van der Waals surface area contributed by atoms with Gasteiger partial charge >= 0.3 is 0 Å². The van der Waals surface area contributed by atoms with Gasteiger partial charge in [-0.1, -0.05) is 0 Å². The van der Waals surface area contributed by atoms with Gasteiger partial charge in [-0.15, -0.1) is 0 Å². The molecule has 0 aromatic rings. The second-order valence-corrected chi connectivity index (χ2v) is 3.82. The van der Waals surface area contributed by atoms with Crippen molar-refractivity contribution in [2.45, 2.75) is 6.42 Å². The van der Waals surface area contributed by atoms with E-state index in [-0.39, 0.29) is 6.67 Å². The van der Waals surface area contributed by atoms with Crippen molar-refractivity contribution in [2.75, 3.05) is 39.4 Å². The first-order valence-electron chi connectivity index (χ1n) is 4.34. The van der Waals surface area contributed by atoms with Crippen LogP contribution in [0.25, 0.3) is 0 Å². The van der Waals surface area contributed by atoms with Crippen molar-refractivity contribution in [3.8, 4) is 0 Å². The Morgan fingerprint density at radius 3 is 2.73 bits per heavy atom. The highest BCUT2D eigenvalue weighted by atomic mass is 19.1. The first-order valence-corrected chi connectivity index (χ1v) is 4.34. The average Bonchev–Trinajstić information content (AvgIpc) is 2.32. The summed E-state index contributed by atoms with van der Waals surface area (Å²) in [5.41, 5.74) is 0.537. The van der Waals surface area contributed by atoms with Gasteiger partial charge in [-0.05, 0) is 13.0 Å². The zero-order chi connectivity index (χ0) is 7.73. The number of likely N-dealkylation sites (tertiary alicyclic amines) is 1. The lowest BCUT2D eigenvalue weighted by Crippen LogP contribution is -2.54. The minimum Gasteiger partial charge on any atom is -0.315 e. The number of nitrogens with zero attached hydrogens (tertiary/aromatic N) is 1. The van der Waals surface area contributed by atoms with E-state index >= 15 is 0 Å². The maximum absolute atomic E-state index is 12.0. The number of halogens is 1. The van der Waals surface area contributed by atoms with Crippen LogP contribution < -0.4 is 5.32 Å². The summed E-state index contributed by atoms with van der Waals surface area (Å²) in [6.45, 7) is 4.96. The molecule has 0 amide bonds. The molecule has 64 valence electrons. The van der Waals surface area contributed by atoms with Gasteiger partial charge in [0.15, 0.2) is 0 Å². The normalized spacial score (nSPS) is 29.2. The Hall–Kier alpha value is -0.150. The lowest BCUT2D eigenvalue weighted by atomic mass is 9.81. The van der Waals surface area contributed by atoms with Crippen LogP contribution in [0.3, 0.4) is 0 Å². The number of alkyl halides is 1. The molecule has 1 spiro atoms. The van der Waals surface area contributed by atoms with Gasteiger partial charge in [0.1, 0.15) is 6.67 Å². The summed E-state index contributed by atoms with van der Waals surface area (Å²) in [7, 11) is 0. The maximum Gasteiger partial charge on any atom is 0.102 e. The summed E-state index contributed by atoms with van der Waals surface area (Å²) in [5.74, 6) is 0. The quantitative estimate of drug-likeness (QED) is 0.620. The highest BCUT2D eigenvalue weighted by Crippen LogP contribution is 2.33. The molecular weight excluding hydrogens is 143 g/mol. The Morgan fingerprint density at radius 1 is 1.45 bits per heavy atom. The minimum absolute atomic E-state index is 0.191. The van der Waals surface area contributed by atoms with Gasteiger partial charge in [0.25, 0.3) is 0 Å². The van der Waals surface area contributed by atoms with Crippen LogP contribution >= 0.6 is 0 Å². The van der Waals surface area contributed by atoms with E-state index in [2.05, 4.69) is 10.2 Å². The third-order valence-corrected chi connectivity index (χ3v) is 2.92. The molecule has 2 rings (SSSR count). The van der Waals surface area contributed by atoms with E-state index in [0.29, 0.717) is 12.0 Å². The molecule has 11 heavy (non-hydrogen) atoms. The van der Waals surface area contributed by atoms with Crippen molar-refractivity contribution < 1.29 is 4.39 Å². The number of hydrogen-bond acceptors (Lipinski definition) is 2. The van der Waals surface area contributed by atoms with E-state index in [1.807, 2.05) is 0 Å². The van der Waals surface area contributed by atoms with E-state index in [4.69, 9.17) is 0 Å². The van der Waals surface area contributed by atoms with Crippen LogP contribution in [0.2, 0.25) is 0 Å². The second-order valence-electron chi connectivity index (χ2n) is 3.82. The first-order chi connectivity index (χ1) is 5.35.